The summed E-state index contributed by atoms with van der Waals surface area (Å²) < 4.78 is 24.2. The number of methoxy groups -OCH3 is 1. The highest BCUT2D eigenvalue weighted by molar-refractivity contribution is 9.10. The second-order valence-electron chi connectivity index (χ2n) is 7.29. The van der Waals surface area contributed by atoms with Crippen molar-refractivity contribution in [2.75, 3.05) is 23.9 Å². The zero-order valence-corrected chi connectivity index (χ0v) is 19.9. The normalized spacial score (nSPS) is 15.4. The van der Waals surface area contributed by atoms with Gasteiger partial charge in [-0.1, -0.05) is 35.6 Å². The molecule has 2 aromatic carbocycles. The fraction of sp³-hybridized carbons (Fsp3) is 0.167. The average molecular weight is 525 g/mol. The van der Waals surface area contributed by atoms with Crippen molar-refractivity contribution in [3.63, 3.8) is 0 Å². The molecular weight excluding hydrogens is 504 g/mol. The quantitative estimate of drug-likeness (QED) is 0.376. The van der Waals surface area contributed by atoms with Gasteiger partial charge in [-0.3, -0.25) is 10.1 Å². The average Bonchev–Trinajstić information content (AvgIpc) is 3.26. The lowest BCUT2D eigenvalue weighted by atomic mass is 9.94. The Bertz CT molecular complexity index is 1440. The molecule has 0 radical (unpaired) electrons. The highest BCUT2D eigenvalue weighted by atomic mass is 79.9. The molecular formula is C24H19BrN4O3S. The molecule has 9 heteroatoms. The molecule has 5 rings (SSSR count). The summed E-state index contributed by atoms with van der Waals surface area (Å²) in [5, 5.41) is 3.27. The van der Waals surface area contributed by atoms with Crippen LogP contribution in [-0.2, 0) is 17.7 Å². The van der Waals surface area contributed by atoms with Gasteiger partial charge in [0, 0.05) is 18.6 Å². The molecule has 0 saturated carbocycles. The largest absolute Gasteiger partial charge is 0.464 e. The van der Waals surface area contributed by atoms with Gasteiger partial charge < -0.3 is 9.64 Å². The number of pyridine rings is 1. The first-order valence-electron chi connectivity index (χ1n) is 11.1. The number of anilines is 2. The van der Waals surface area contributed by atoms with Crippen molar-refractivity contribution in [2.24, 2.45) is 0 Å². The zero-order valence-electron chi connectivity index (χ0n) is 19.5. The number of hydrogen-bond donors (Lipinski definition) is 1. The van der Waals surface area contributed by atoms with Crippen LogP contribution in [-0.4, -0.2) is 35.5 Å². The van der Waals surface area contributed by atoms with E-state index in [1.807, 2.05) is 30.3 Å². The number of nitrogens with zero attached hydrogens (tertiary/aromatic N) is 3. The molecule has 0 fully saturated rings. The van der Waals surface area contributed by atoms with E-state index >= 15 is 0 Å². The highest BCUT2D eigenvalue weighted by Crippen LogP contribution is 2.30. The number of aromatic nitrogens is 2. The topological polar surface area (TPSA) is 84.4 Å². The number of amides is 1. The Morgan fingerprint density at radius 1 is 1.15 bits per heavy atom. The maximum atomic E-state index is 13.3. The number of halogens is 1. The molecule has 0 spiro atoms. The maximum absolute atomic E-state index is 13.3. The number of carbonyl (C=O) groups is 2. The van der Waals surface area contributed by atoms with Crippen molar-refractivity contribution < 1.29 is 17.1 Å². The van der Waals surface area contributed by atoms with E-state index in [0.29, 0.717) is 22.6 Å². The molecule has 166 valence electrons. The summed E-state index contributed by atoms with van der Waals surface area (Å²) >= 11 is 4.65. The fourth-order valence-electron chi connectivity index (χ4n) is 3.64. The van der Waals surface area contributed by atoms with Crippen molar-refractivity contribution >= 4 is 60.3 Å². The second kappa shape index (κ2) is 8.92. The van der Waals surface area contributed by atoms with E-state index in [4.69, 9.17) is 7.48 Å². The minimum Gasteiger partial charge on any atom is -0.464 e. The number of fused-ring (bicyclic) bond motifs is 2. The summed E-state index contributed by atoms with van der Waals surface area (Å²) in [5.41, 5.74) is 2.07. The molecule has 0 unspecified atom stereocenters. The van der Waals surface area contributed by atoms with Gasteiger partial charge in [-0.05, 0) is 63.8 Å². The molecule has 1 amide bonds. The van der Waals surface area contributed by atoms with Crippen LogP contribution in [0, 0.1) is 0 Å². The first-order chi connectivity index (χ1) is 16.8. The Morgan fingerprint density at radius 2 is 2.00 bits per heavy atom. The first kappa shape index (κ1) is 19.2. The monoisotopic (exact) mass is 524 g/mol. The Morgan fingerprint density at radius 3 is 2.82 bits per heavy atom. The zero-order chi connectivity index (χ0) is 24.7. The molecule has 7 nitrogen and oxygen atoms in total. The van der Waals surface area contributed by atoms with Crippen LogP contribution in [0.1, 0.15) is 34.7 Å². The van der Waals surface area contributed by atoms with Gasteiger partial charge in [0.2, 0.25) is 0 Å². The van der Waals surface area contributed by atoms with Crippen LogP contribution in [0.4, 0.5) is 10.9 Å². The number of hydrogen-bond acceptors (Lipinski definition) is 7. The molecule has 1 N–H and O–H groups in total. The number of esters is 1. The summed E-state index contributed by atoms with van der Waals surface area (Å²) in [7, 11) is 1.26. The van der Waals surface area contributed by atoms with Gasteiger partial charge >= 0.3 is 5.97 Å². The van der Waals surface area contributed by atoms with E-state index in [0.717, 1.165) is 15.8 Å². The van der Waals surface area contributed by atoms with Crippen LogP contribution < -0.4 is 10.2 Å². The molecule has 0 aliphatic carbocycles. The number of thiazole rings is 1. The number of para-hydroxylation sites is 1. The number of rotatable bonds is 4. The molecule has 4 aromatic rings. The van der Waals surface area contributed by atoms with Crippen LogP contribution in [0.25, 0.3) is 10.2 Å². The van der Waals surface area contributed by atoms with Crippen LogP contribution >= 0.6 is 27.3 Å². The molecule has 0 bridgehead atoms. The van der Waals surface area contributed by atoms with Gasteiger partial charge in [-0.25, -0.2) is 14.8 Å². The van der Waals surface area contributed by atoms with E-state index in [1.54, 1.807) is 24.3 Å². The third kappa shape index (κ3) is 4.21. The second-order valence-corrected chi connectivity index (χ2v) is 9.17. The van der Waals surface area contributed by atoms with E-state index < -0.39 is 18.4 Å². The van der Waals surface area contributed by atoms with Gasteiger partial charge in [0.25, 0.3) is 5.91 Å². The van der Waals surface area contributed by atoms with E-state index in [1.165, 1.54) is 23.3 Å². The van der Waals surface area contributed by atoms with Gasteiger partial charge in [-0.2, -0.15) is 0 Å². The van der Waals surface area contributed by atoms with Crippen molar-refractivity contribution in [1.82, 2.24) is 9.97 Å². The van der Waals surface area contributed by atoms with Crippen LogP contribution in [0.15, 0.2) is 59.1 Å². The van der Waals surface area contributed by atoms with Crippen molar-refractivity contribution in [3.05, 3.63) is 81.5 Å². The SMILES string of the molecule is [2H]C1([2H])c2c(cccc2C(=O)Nc2nc3ccccc3s2)CCN1c1ccc(Br)c(C(=O)OC)n1. The standard InChI is InChI=1S/C24H19BrN4O3S/c1-32-23(31)21-17(25)9-10-20(27-21)29-12-11-14-5-4-6-15(16(14)13-29)22(30)28-24-26-18-7-2-3-8-19(18)33-24/h2-10H,11-13H2,1H3,(H,26,28,30)/i13D2. The first-order valence-corrected chi connectivity index (χ1v) is 11.7. The van der Waals surface area contributed by atoms with Crippen LogP contribution in [0.2, 0.25) is 0 Å². The maximum Gasteiger partial charge on any atom is 0.357 e. The Labute approximate surface area is 205 Å². The minimum atomic E-state index is -2.07. The molecule has 0 atom stereocenters. The predicted molar refractivity (Wildman–Crippen MR) is 132 cm³/mol. The lowest BCUT2D eigenvalue weighted by Crippen LogP contribution is -2.33. The highest BCUT2D eigenvalue weighted by Gasteiger charge is 2.24. The Balaban J connectivity index is 1.52. The van der Waals surface area contributed by atoms with E-state index in [2.05, 4.69) is 31.2 Å². The van der Waals surface area contributed by atoms with Crippen LogP contribution in [0.5, 0.6) is 0 Å². The van der Waals surface area contributed by atoms with Crippen LogP contribution in [0.3, 0.4) is 0 Å². The lowest BCUT2D eigenvalue weighted by Gasteiger charge is -2.31. The lowest BCUT2D eigenvalue weighted by molar-refractivity contribution is 0.0593. The summed E-state index contributed by atoms with van der Waals surface area (Å²) in [5.74, 6) is -0.802. The van der Waals surface area contributed by atoms with Gasteiger partial charge in [0.05, 0.1) is 24.5 Å². The molecule has 0 saturated heterocycles. The molecule has 33 heavy (non-hydrogen) atoms. The minimum absolute atomic E-state index is 0.0495. The van der Waals surface area contributed by atoms with E-state index in [9.17, 15) is 9.59 Å². The molecule has 1 aliphatic heterocycles. The van der Waals surface area contributed by atoms with Gasteiger partial charge in [0.1, 0.15) is 5.82 Å². The number of ether oxygens (including phenoxy) is 1. The summed E-state index contributed by atoms with van der Waals surface area (Å²) in [6, 6.07) is 16.0. The van der Waals surface area contributed by atoms with E-state index in [-0.39, 0.29) is 22.6 Å². The van der Waals surface area contributed by atoms with Crippen molar-refractivity contribution in [1.29, 1.82) is 0 Å². The number of nitrogens with one attached hydrogen (secondary N) is 1. The summed E-state index contributed by atoms with van der Waals surface area (Å²) in [6.45, 7) is -1.75. The fourth-order valence-corrected chi connectivity index (χ4v) is 4.88. The Kier molecular flexibility index (Phi) is 5.19. The third-order valence-electron chi connectivity index (χ3n) is 5.25. The number of benzene rings is 2. The summed E-state index contributed by atoms with van der Waals surface area (Å²) in [4.78, 5) is 35.7. The molecule has 3 heterocycles. The van der Waals surface area contributed by atoms with Gasteiger partial charge in [-0.15, -0.1) is 0 Å². The summed E-state index contributed by atoms with van der Waals surface area (Å²) in [6.07, 6.45) is 0.502. The number of carbonyl (C=O) groups excluding carboxylic acids is 2. The third-order valence-corrected chi connectivity index (χ3v) is 6.84. The van der Waals surface area contributed by atoms with Crippen molar-refractivity contribution in [2.45, 2.75) is 12.9 Å². The van der Waals surface area contributed by atoms with Gasteiger partial charge in [0.15, 0.2) is 10.8 Å². The molecule has 2 aromatic heterocycles. The molecule has 1 aliphatic rings. The predicted octanol–water partition coefficient (Wildman–Crippen LogP) is 5.06. The smallest absolute Gasteiger partial charge is 0.357 e. The van der Waals surface area contributed by atoms with Crippen molar-refractivity contribution in [3.8, 4) is 0 Å². The Hall–Kier alpha value is -3.30.